The lowest BCUT2D eigenvalue weighted by Gasteiger charge is -2.24. The minimum Gasteiger partial charge on any atom is -0.496 e. The summed E-state index contributed by atoms with van der Waals surface area (Å²) in [7, 11) is -8.31. The summed E-state index contributed by atoms with van der Waals surface area (Å²) in [4.78, 5) is 60.0. The van der Waals surface area contributed by atoms with Crippen LogP contribution in [0.1, 0.15) is 44.5 Å². The third-order valence-electron chi connectivity index (χ3n) is 19.3. The van der Waals surface area contributed by atoms with Crippen LogP contribution in [-0.2, 0) is 63.1 Å². The van der Waals surface area contributed by atoms with Crippen LogP contribution < -0.4 is 82.7 Å². The second-order valence-electron chi connectivity index (χ2n) is 26.5. The molecule has 12 aromatic carbocycles. The van der Waals surface area contributed by atoms with Crippen molar-refractivity contribution in [1.29, 1.82) is 0 Å². The number of amides is 4. The zero-order chi connectivity index (χ0) is 75.4. The fourth-order valence-corrected chi connectivity index (χ4v) is 24.3. The van der Waals surface area contributed by atoms with E-state index in [0.717, 1.165) is 0 Å². The molecule has 0 fully saturated rings. The van der Waals surface area contributed by atoms with Crippen LogP contribution in [0.15, 0.2) is 291 Å². The number of nitrogens with one attached hydrogen (secondary N) is 4. The van der Waals surface area contributed by atoms with Crippen molar-refractivity contribution >= 4 is 117 Å². The highest BCUT2D eigenvalue weighted by atomic mass is 31.2. The Kier molecular flexibility index (Phi) is 23.0. The molecule has 0 aromatic heterocycles. The second kappa shape index (κ2) is 33.2. The normalized spacial score (nSPS) is 12.2. The van der Waals surface area contributed by atoms with Crippen molar-refractivity contribution in [1.82, 2.24) is 0 Å². The first kappa shape index (κ1) is 74.9. The van der Waals surface area contributed by atoms with Crippen molar-refractivity contribution in [3.8, 4) is 23.0 Å². The lowest BCUT2D eigenvalue weighted by Crippen LogP contribution is -2.26. The Balaban J connectivity index is 0.988. The highest BCUT2D eigenvalue weighted by Gasteiger charge is 2.36. The number of ether oxygens (including phenoxy) is 4. The van der Waals surface area contributed by atoms with Gasteiger partial charge in [-0.05, 0) is 48.5 Å². The average molecular weight is 1510 g/mol. The van der Waals surface area contributed by atoms with Crippen LogP contribution in [0.5, 0.6) is 23.0 Å². The monoisotopic (exact) mass is 1510 g/mol. The molecule has 0 spiro atoms. The standard InChI is InChI=1S/C88H80N4O12P4/c1-101-85-61-45-63-51-70(90-82(94)58-106(98,75-33-17-7-18-34-75)76-35-19-8-20-36-76)53-65(86(63)102-2)47-67-55-72(92-84(96)60-108(100,79-41-25-11-26-42-79)80-43-27-12-28-44-80)56-68(88(67)104-4)48-66-54-71(91-83(95)59-107(99,77-37-21-9-22-38-77)78-39-23-10-24-40-78)52-64(87(66)103-3)46-62(85)50-69(49-61)89-81(93)57-105(97,73-29-13-5-14-30-73)74-31-15-6-16-32-74/h5-44,49-56H,45-48,57-60H2,1-4H3,(H,89,93)(H,90,94)(H,91,95)(H,92,96). The first-order valence-corrected chi connectivity index (χ1v) is 42.8. The zero-order valence-corrected chi connectivity index (χ0v) is 63.6. The van der Waals surface area contributed by atoms with Crippen molar-refractivity contribution in [3.05, 3.63) is 336 Å². The predicted octanol–water partition coefficient (Wildman–Crippen LogP) is 14.2. The first-order valence-electron chi connectivity index (χ1n) is 35.2. The molecule has 1 aliphatic carbocycles. The maximum Gasteiger partial charge on any atom is 0.232 e. The average Bonchev–Trinajstić information content (AvgIpc) is 0.738. The van der Waals surface area contributed by atoms with Crippen molar-refractivity contribution in [3.63, 3.8) is 0 Å². The van der Waals surface area contributed by atoms with Crippen molar-refractivity contribution < 1.29 is 56.4 Å². The van der Waals surface area contributed by atoms with Crippen LogP contribution in [0.3, 0.4) is 0 Å². The fourth-order valence-electron chi connectivity index (χ4n) is 14.5. The number of carbonyl (C=O) groups excluding carboxylic acids is 4. The van der Waals surface area contributed by atoms with Crippen molar-refractivity contribution in [2.24, 2.45) is 0 Å². The van der Waals surface area contributed by atoms with Gasteiger partial charge in [0.2, 0.25) is 23.6 Å². The van der Waals surface area contributed by atoms with Gasteiger partial charge in [0.05, 0.1) is 53.1 Å². The third kappa shape index (κ3) is 16.4. The molecule has 1 aliphatic rings. The molecule has 12 aromatic rings. The summed E-state index contributed by atoms with van der Waals surface area (Å²) in [5.74, 6) is -0.581. The van der Waals surface area contributed by atoms with E-state index in [1.807, 2.05) is 48.5 Å². The van der Waals surface area contributed by atoms with Gasteiger partial charge in [0.25, 0.3) is 0 Å². The van der Waals surface area contributed by atoms with Crippen LogP contribution in [0.2, 0.25) is 0 Å². The molecule has 544 valence electrons. The van der Waals surface area contributed by atoms with E-state index in [2.05, 4.69) is 21.3 Å². The van der Waals surface area contributed by atoms with Gasteiger partial charge in [0, 0.05) is 135 Å². The van der Waals surface area contributed by atoms with E-state index in [9.17, 15) is 0 Å². The number of carbonyl (C=O) groups is 4. The van der Waals surface area contributed by atoms with E-state index in [-0.39, 0.29) is 25.7 Å². The molecule has 13 rings (SSSR count). The van der Waals surface area contributed by atoms with Gasteiger partial charge in [-0.2, -0.15) is 0 Å². The van der Waals surface area contributed by atoms with E-state index >= 15 is 37.4 Å². The van der Waals surface area contributed by atoms with Gasteiger partial charge in [-0.25, -0.2) is 0 Å². The second-order valence-corrected chi connectivity index (χ2v) is 37.8. The Bertz CT molecular complexity index is 4540. The molecule has 0 radical (unpaired) electrons. The van der Waals surface area contributed by atoms with Gasteiger partial charge in [-0.1, -0.05) is 243 Å². The fraction of sp³-hybridized carbons (Fsp3) is 0.136. The Morgan fingerprint density at radius 2 is 0.370 bits per heavy atom. The zero-order valence-electron chi connectivity index (χ0n) is 60.1. The summed E-state index contributed by atoms with van der Waals surface area (Å²) in [6, 6.07) is 85.8. The summed E-state index contributed by atoms with van der Waals surface area (Å²) < 4.78 is 88.3. The molecule has 4 N–H and O–H groups in total. The highest BCUT2D eigenvalue weighted by Crippen LogP contribution is 2.49. The molecule has 108 heavy (non-hydrogen) atoms. The van der Waals surface area contributed by atoms with Crippen molar-refractivity contribution in [2.75, 3.05) is 74.4 Å². The Hall–Kier alpha value is -11.4. The highest BCUT2D eigenvalue weighted by molar-refractivity contribution is 7.80. The summed E-state index contributed by atoms with van der Waals surface area (Å²) in [5, 5.41) is 16.6. The minimum atomic E-state index is -3.62. The van der Waals surface area contributed by atoms with Crippen LogP contribution in [0, 0.1) is 0 Å². The molecular formula is C88H80N4O12P4. The van der Waals surface area contributed by atoms with Gasteiger partial charge in [-0.3, -0.25) is 19.2 Å². The summed E-state index contributed by atoms with van der Waals surface area (Å²) in [5.41, 5.74) is 5.55. The summed E-state index contributed by atoms with van der Waals surface area (Å²) in [6.45, 7) is 0. The predicted molar refractivity (Wildman–Crippen MR) is 436 cm³/mol. The van der Waals surface area contributed by atoms with Gasteiger partial charge < -0.3 is 58.5 Å². The molecule has 4 amide bonds. The number of hydrogen-bond donors (Lipinski definition) is 4. The molecule has 0 aliphatic heterocycles. The molecule has 0 heterocycles. The van der Waals surface area contributed by atoms with E-state index in [1.54, 1.807) is 271 Å². The number of fused-ring (bicyclic) bond motifs is 8. The Morgan fingerprint density at radius 1 is 0.241 bits per heavy atom. The molecule has 0 unspecified atom stereocenters. The molecule has 8 bridgehead atoms. The summed E-state index contributed by atoms with van der Waals surface area (Å²) >= 11 is 0. The van der Waals surface area contributed by atoms with Gasteiger partial charge in [-0.15, -0.1) is 0 Å². The molecule has 20 heteroatoms. The topological polar surface area (TPSA) is 222 Å². The Morgan fingerprint density at radius 3 is 0.491 bits per heavy atom. The summed E-state index contributed by atoms with van der Waals surface area (Å²) in [6.07, 6.45) is -1.51. The molecule has 0 saturated heterocycles. The van der Waals surface area contributed by atoms with E-state index in [0.29, 0.717) is 133 Å². The number of rotatable bonds is 24. The van der Waals surface area contributed by atoms with Gasteiger partial charge in [0.1, 0.15) is 23.0 Å². The molecular weight excluding hydrogens is 1430 g/mol. The van der Waals surface area contributed by atoms with Crippen LogP contribution in [0.25, 0.3) is 0 Å². The lowest BCUT2D eigenvalue weighted by molar-refractivity contribution is -0.114. The molecule has 0 atom stereocenters. The van der Waals surface area contributed by atoms with E-state index in [1.165, 1.54) is 0 Å². The largest absolute Gasteiger partial charge is 0.496 e. The van der Waals surface area contributed by atoms with Crippen LogP contribution >= 0.6 is 28.6 Å². The molecule has 16 nitrogen and oxygen atoms in total. The van der Waals surface area contributed by atoms with Gasteiger partial charge >= 0.3 is 0 Å². The third-order valence-corrected chi connectivity index (χ3v) is 31.3. The number of anilines is 4. The van der Waals surface area contributed by atoms with Crippen LogP contribution in [0.4, 0.5) is 22.7 Å². The minimum absolute atomic E-state index is 0.0154. The number of hydrogen-bond acceptors (Lipinski definition) is 12. The SMILES string of the molecule is COc1c2cc(NC(=O)CP(=O)(c3ccccc3)c3ccccc3)cc1Cc1cc(NC(=O)CP(=O)(c3ccccc3)c3ccccc3)cc(c1OC)Cc1cc(NC(=O)CP(=O)(c3ccccc3)c3ccccc3)cc(c1OC)Cc1cc(NC(=O)CP(=O)(c3ccccc3)c3ccccc3)cc(c1OC)C2. The van der Waals surface area contributed by atoms with E-state index in [4.69, 9.17) is 18.9 Å². The smallest absolute Gasteiger partial charge is 0.232 e. The maximum absolute atomic E-state index is 15.6. The first-order chi connectivity index (χ1) is 52.4. The quantitative estimate of drug-likeness (QED) is 0.0415. The lowest BCUT2D eigenvalue weighted by atomic mass is 9.90. The number of benzene rings is 12. The van der Waals surface area contributed by atoms with Crippen molar-refractivity contribution in [2.45, 2.75) is 25.7 Å². The number of methoxy groups -OCH3 is 4. The van der Waals surface area contributed by atoms with E-state index < -0.39 is 76.8 Å². The van der Waals surface area contributed by atoms with Crippen LogP contribution in [-0.4, -0.2) is 76.7 Å². The van der Waals surface area contributed by atoms with Gasteiger partial charge in [0.15, 0.2) is 28.6 Å². The Labute approximate surface area is 628 Å². The molecule has 0 saturated carbocycles. The maximum atomic E-state index is 15.6.